The molecular formula is C20H20N4O2. The molecule has 1 aromatic heterocycles. The number of anilines is 1. The molecule has 0 atom stereocenters. The van der Waals surface area contributed by atoms with Crippen molar-refractivity contribution in [3.05, 3.63) is 78.1 Å². The van der Waals surface area contributed by atoms with E-state index in [1.807, 2.05) is 61.7 Å². The number of benzene rings is 2. The van der Waals surface area contributed by atoms with Crippen LogP contribution in [0, 0.1) is 0 Å². The zero-order valence-electron chi connectivity index (χ0n) is 14.5. The monoisotopic (exact) mass is 348 g/mol. The molecule has 0 fully saturated rings. The summed E-state index contributed by atoms with van der Waals surface area (Å²) >= 11 is 0. The van der Waals surface area contributed by atoms with Gasteiger partial charge in [0.15, 0.2) is 0 Å². The third kappa shape index (κ3) is 4.36. The summed E-state index contributed by atoms with van der Waals surface area (Å²) in [6, 6.07) is 16.9. The summed E-state index contributed by atoms with van der Waals surface area (Å²) in [5, 5.41) is 9.44. The fourth-order valence-electron chi connectivity index (χ4n) is 2.55. The van der Waals surface area contributed by atoms with E-state index in [0.717, 1.165) is 23.2 Å². The lowest BCUT2D eigenvalue weighted by molar-refractivity contribution is -0.136. The lowest BCUT2D eigenvalue weighted by atomic mass is 10.1. The van der Waals surface area contributed by atoms with Crippen molar-refractivity contribution in [1.29, 1.82) is 0 Å². The van der Waals surface area contributed by atoms with Crippen molar-refractivity contribution < 1.29 is 9.59 Å². The van der Waals surface area contributed by atoms with Crippen molar-refractivity contribution in [3.8, 4) is 5.69 Å². The molecule has 0 aliphatic heterocycles. The molecule has 0 radical (unpaired) electrons. The van der Waals surface area contributed by atoms with Gasteiger partial charge in [0.05, 0.1) is 5.69 Å². The largest absolute Gasteiger partial charge is 0.344 e. The molecule has 2 aromatic carbocycles. The second-order valence-electron chi connectivity index (χ2n) is 5.81. The first-order valence-corrected chi connectivity index (χ1v) is 8.43. The molecule has 0 unspecified atom stereocenters. The van der Waals surface area contributed by atoms with E-state index in [2.05, 4.69) is 15.7 Å². The highest BCUT2D eigenvalue weighted by Gasteiger charge is 2.13. The van der Waals surface area contributed by atoms with Crippen LogP contribution >= 0.6 is 0 Å². The predicted octanol–water partition coefficient (Wildman–Crippen LogP) is 2.69. The van der Waals surface area contributed by atoms with Crippen LogP contribution in [0.25, 0.3) is 5.69 Å². The Bertz CT molecular complexity index is 904. The Morgan fingerprint density at radius 3 is 2.58 bits per heavy atom. The fourth-order valence-corrected chi connectivity index (χ4v) is 2.55. The zero-order valence-corrected chi connectivity index (χ0v) is 14.5. The van der Waals surface area contributed by atoms with Crippen LogP contribution in [0.5, 0.6) is 0 Å². The first-order chi connectivity index (χ1) is 12.7. The SMILES string of the molecule is CCc1cccc(NC(=O)C(=O)NCc2cccc(-n3cccn3)c2)c1. The van der Waals surface area contributed by atoms with Crippen LogP contribution < -0.4 is 10.6 Å². The average Bonchev–Trinajstić information content (AvgIpc) is 3.21. The van der Waals surface area contributed by atoms with E-state index in [9.17, 15) is 9.59 Å². The van der Waals surface area contributed by atoms with E-state index in [1.165, 1.54) is 0 Å². The Balaban J connectivity index is 1.58. The molecule has 1 heterocycles. The van der Waals surface area contributed by atoms with Crippen molar-refractivity contribution in [2.75, 3.05) is 5.32 Å². The number of carbonyl (C=O) groups excluding carboxylic acids is 2. The minimum atomic E-state index is -0.679. The minimum absolute atomic E-state index is 0.260. The summed E-state index contributed by atoms with van der Waals surface area (Å²) in [7, 11) is 0. The van der Waals surface area contributed by atoms with Crippen LogP contribution in [-0.2, 0) is 22.6 Å². The average molecular weight is 348 g/mol. The summed E-state index contributed by atoms with van der Waals surface area (Å²) in [5.41, 5.74) is 3.48. The molecule has 6 nitrogen and oxygen atoms in total. The number of hydrogen-bond acceptors (Lipinski definition) is 3. The van der Waals surface area contributed by atoms with Gasteiger partial charge in [0.2, 0.25) is 0 Å². The topological polar surface area (TPSA) is 76.0 Å². The quantitative estimate of drug-likeness (QED) is 0.696. The minimum Gasteiger partial charge on any atom is -0.344 e. The van der Waals surface area contributed by atoms with Gasteiger partial charge < -0.3 is 10.6 Å². The van der Waals surface area contributed by atoms with E-state index in [-0.39, 0.29) is 6.54 Å². The first kappa shape index (κ1) is 17.4. The van der Waals surface area contributed by atoms with E-state index in [1.54, 1.807) is 16.9 Å². The standard InChI is InChI=1S/C20H20N4O2/c1-2-15-6-3-8-17(12-15)23-20(26)19(25)21-14-16-7-4-9-18(13-16)24-11-5-10-22-24/h3-13H,2,14H2,1H3,(H,21,25)(H,23,26). The van der Waals surface area contributed by atoms with Crippen LogP contribution in [0.1, 0.15) is 18.1 Å². The third-order valence-corrected chi connectivity index (χ3v) is 3.93. The van der Waals surface area contributed by atoms with Gasteiger partial charge >= 0.3 is 11.8 Å². The smallest absolute Gasteiger partial charge is 0.313 e. The molecule has 3 aromatic rings. The number of nitrogens with zero attached hydrogens (tertiary/aromatic N) is 2. The third-order valence-electron chi connectivity index (χ3n) is 3.93. The van der Waals surface area contributed by atoms with E-state index >= 15 is 0 Å². The number of aryl methyl sites for hydroxylation is 1. The van der Waals surface area contributed by atoms with Crippen LogP contribution in [0.2, 0.25) is 0 Å². The summed E-state index contributed by atoms with van der Waals surface area (Å²) in [6.45, 7) is 2.29. The summed E-state index contributed by atoms with van der Waals surface area (Å²) < 4.78 is 1.73. The fraction of sp³-hybridized carbons (Fsp3) is 0.150. The number of hydrogen-bond donors (Lipinski definition) is 2. The molecule has 2 N–H and O–H groups in total. The van der Waals surface area contributed by atoms with Gasteiger partial charge in [-0.2, -0.15) is 5.10 Å². The van der Waals surface area contributed by atoms with Crippen molar-refractivity contribution >= 4 is 17.5 Å². The predicted molar refractivity (Wildman–Crippen MR) is 99.9 cm³/mol. The molecule has 0 aliphatic rings. The van der Waals surface area contributed by atoms with Crippen LogP contribution in [0.3, 0.4) is 0 Å². The van der Waals surface area contributed by atoms with Crippen molar-refractivity contribution in [2.45, 2.75) is 19.9 Å². The maximum Gasteiger partial charge on any atom is 0.313 e. The van der Waals surface area contributed by atoms with E-state index in [4.69, 9.17) is 0 Å². The van der Waals surface area contributed by atoms with Crippen molar-refractivity contribution in [1.82, 2.24) is 15.1 Å². The molecule has 2 amide bonds. The van der Waals surface area contributed by atoms with E-state index < -0.39 is 11.8 Å². The van der Waals surface area contributed by atoms with Crippen LogP contribution in [0.4, 0.5) is 5.69 Å². The number of amides is 2. The second kappa shape index (κ2) is 8.11. The molecule has 6 heteroatoms. The van der Waals surface area contributed by atoms with Gasteiger partial charge in [0, 0.05) is 24.6 Å². The Labute approximate surface area is 151 Å². The molecule has 0 spiro atoms. The highest BCUT2D eigenvalue weighted by molar-refractivity contribution is 6.39. The normalized spacial score (nSPS) is 10.3. The highest BCUT2D eigenvalue weighted by Crippen LogP contribution is 2.11. The highest BCUT2D eigenvalue weighted by atomic mass is 16.2. The maximum atomic E-state index is 12.0. The molecule has 132 valence electrons. The Hall–Kier alpha value is -3.41. The van der Waals surface area contributed by atoms with Crippen molar-refractivity contribution in [3.63, 3.8) is 0 Å². The molecule has 26 heavy (non-hydrogen) atoms. The lowest BCUT2D eigenvalue weighted by Gasteiger charge is -2.09. The van der Waals surface area contributed by atoms with Gasteiger partial charge in [-0.05, 0) is 47.9 Å². The number of rotatable bonds is 5. The molecule has 0 saturated carbocycles. The molecule has 0 aliphatic carbocycles. The Morgan fingerprint density at radius 1 is 1.00 bits per heavy atom. The number of carbonyl (C=O) groups is 2. The second-order valence-corrected chi connectivity index (χ2v) is 5.81. The van der Waals surface area contributed by atoms with Crippen LogP contribution in [-0.4, -0.2) is 21.6 Å². The summed E-state index contributed by atoms with van der Waals surface area (Å²) in [4.78, 5) is 24.1. The van der Waals surface area contributed by atoms with Gasteiger partial charge in [-0.1, -0.05) is 31.2 Å². The Kier molecular flexibility index (Phi) is 5.43. The summed E-state index contributed by atoms with van der Waals surface area (Å²) in [5.74, 6) is -1.35. The van der Waals surface area contributed by atoms with Gasteiger partial charge in [-0.25, -0.2) is 4.68 Å². The van der Waals surface area contributed by atoms with Crippen molar-refractivity contribution in [2.24, 2.45) is 0 Å². The lowest BCUT2D eigenvalue weighted by Crippen LogP contribution is -2.35. The maximum absolute atomic E-state index is 12.0. The number of aromatic nitrogens is 2. The Morgan fingerprint density at radius 2 is 1.81 bits per heavy atom. The van der Waals surface area contributed by atoms with Gasteiger partial charge in [0.1, 0.15) is 0 Å². The van der Waals surface area contributed by atoms with Crippen LogP contribution in [0.15, 0.2) is 67.0 Å². The molecule has 3 rings (SSSR count). The molecule has 0 bridgehead atoms. The van der Waals surface area contributed by atoms with Gasteiger partial charge in [0.25, 0.3) is 0 Å². The molecule has 0 saturated heterocycles. The summed E-state index contributed by atoms with van der Waals surface area (Å²) in [6.07, 6.45) is 4.41. The van der Waals surface area contributed by atoms with E-state index in [0.29, 0.717) is 5.69 Å². The zero-order chi connectivity index (χ0) is 18.4. The molecular weight excluding hydrogens is 328 g/mol. The van der Waals surface area contributed by atoms with Gasteiger partial charge in [-0.3, -0.25) is 9.59 Å². The number of nitrogens with one attached hydrogen (secondary N) is 2. The van der Waals surface area contributed by atoms with Gasteiger partial charge in [-0.15, -0.1) is 0 Å². The first-order valence-electron chi connectivity index (χ1n) is 8.43.